The molecule has 3 nitrogen and oxygen atoms in total. The zero-order valence-corrected chi connectivity index (χ0v) is 8.32. The Morgan fingerprint density at radius 2 is 2.43 bits per heavy atom. The van der Waals surface area contributed by atoms with E-state index in [1.54, 1.807) is 12.1 Å². The maximum Gasteiger partial charge on any atom is 0.339 e. The van der Waals surface area contributed by atoms with E-state index in [0.717, 1.165) is 19.3 Å². The summed E-state index contributed by atoms with van der Waals surface area (Å²) in [5.41, 5.74) is 0.486. The number of carbonyl (C=O) groups is 1. The van der Waals surface area contributed by atoms with E-state index in [4.69, 9.17) is 4.74 Å². The van der Waals surface area contributed by atoms with Crippen LogP contribution >= 0.6 is 0 Å². The van der Waals surface area contributed by atoms with Crippen molar-refractivity contribution in [2.24, 2.45) is 0 Å². The minimum Gasteiger partial charge on any atom is -0.462 e. The second-order valence-corrected chi connectivity index (χ2v) is 3.02. The first-order valence-corrected chi connectivity index (χ1v) is 4.84. The highest BCUT2D eigenvalue weighted by atomic mass is 16.5. The molecule has 1 aromatic heterocycles. The summed E-state index contributed by atoms with van der Waals surface area (Å²) in [5.74, 6) is -0.303. The van der Waals surface area contributed by atoms with Gasteiger partial charge in [0.2, 0.25) is 0 Å². The lowest BCUT2D eigenvalue weighted by molar-refractivity contribution is 0.0497. The topological polar surface area (TPSA) is 39.2 Å². The Balaban J connectivity index is 2.29. The Bertz CT molecular complexity index is 272. The van der Waals surface area contributed by atoms with Crippen LogP contribution in [0.2, 0.25) is 0 Å². The molecule has 1 rings (SSSR count). The van der Waals surface area contributed by atoms with E-state index in [2.05, 4.69) is 18.1 Å². The van der Waals surface area contributed by atoms with Gasteiger partial charge in [-0.05, 0) is 18.6 Å². The van der Waals surface area contributed by atoms with Crippen LogP contribution < -0.4 is 0 Å². The molecule has 1 heterocycles. The van der Waals surface area contributed by atoms with Crippen LogP contribution in [0.3, 0.4) is 0 Å². The molecule has 0 unspecified atom stereocenters. The van der Waals surface area contributed by atoms with Gasteiger partial charge < -0.3 is 4.74 Å². The number of carbonyl (C=O) groups excluding carboxylic acids is 1. The number of hydrogen-bond donors (Lipinski definition) is 0. The standard InChI is InChI=1S/C11H14NO2/c1-2-3-4-8-14-11(13)10-6-5-7-12-9-10/h5-6,9H,2-4,8H2,1H3. The first-order valence-electron chi connectivity index (χ1n) is 4.84. The third-order valence-corrected chi connectivity index (χ3v) is 1.83. The third-order valence-electron chi connectivity index (χ3n) is 1.83. The van der Waals surface area contributed by atoms with Crippen LogP contribution in [0.5, 0.6) is 0 Å². The third kappa shape index (κ3) is 3.56. The number of aromatic nitrogens is 1. The Morgan fingerprint density at radius 1 is 1.57 bits per heavy atom. The number of ether oxygens (including phenoxy) is 1. The summed E-state index contributed by atoms with van der Waals surface area (Å²) in [6.45, 7) is 2.60. The maximum atomic E-state index is 11.3. The zero-order chi connectivity index (χ0) is 10.2. The van der Waals surface area contributed by atoms with E-state index in [1.165, 1.54) is 6.20 Å². The van der Waals surface area contributed by atoms with Crippen molar-refractivity contribution < 1.29 is 9.53 Å². The first kappa shape index (κ1) is 10.7. The van der Waals surface area contributed by atoms with Gasteiger partial charge in [-0.1, -0.05) is 19.8 Å². The lowest BCUT2D eigenvalue weighted by Gasteiger charge is -2.02. The second-order valence-electron chi connectivity index (χ2n) is 3.02. The SMILES string of the molecule is CCCCCOC(=O)c1cc[c]nc1. The largest absolute Gasteiger partial charge is 0.462 e. The molecule has 0 atom stereocenters. The van der Waals surface area contributed by atoms with Crippen molar-refractivity contribution in [3.63, 3.8) is 0 Å². The molecule has 1 aromatic rings. The predicted octanol–water partition coefficient (Wildman–Crippen LogP) is 2.23. The number of pyridine rings is 1. The van der Waals surface area contributed by atoms with Gasteiger partial charge in [0.05, 0.1) is 18.4 Å². The minimum atomic E-state index is -0.303. The van der Waals surface area contributed by atoms with Crippen LogP contribution in [-0.2, 0) is 4.74 Å². The Hall–Kier alpha value is -1.38. The highest BCUT2D eigenvalue weighted by Gasteiger charge is 2.05. The second kappa shape index (κ2) is 6.13. The number of hydrogen-bond acceptors (Lipinski definition) is 3. The lowest BCUT2D eigenvalue weighted by atomic mass is 10.2. The molecule has 0 aliphatic heterocycles. The molecule has 0 bridgehead atoms. The summed E-state index contributed by atoms with van der Waals surface area (Å²) < 4.78 is 5.04. The van der Waals surface area contributed by atoms with Gasteiger partial charge in [0, 0.05) is 6.20 Å². The van der Waals surface area contributed by atoms with Crippen molar-refractivity contribution >= 4 is 5.97 Å². The van der Waals surface area contributed by atoms with Gasteiger partial charge in [-0.15, -0.1) is 0 Å². The molecule has 1 radical (unpaired) electrons. The van der Waals surface area contributed by atoms with E-state index in [-0.39, 0.29) is 5.97 Å². The summed E-state index contributed by atoms with van der Waals surface area (Å²) in [6.07, 6.45) is 7.21. The molecule has 75 valence electrons. The average Bonchev–Trinajstić information content (AvgIpc) is 2.25. The number of unbranched alkanes of at least 4 members (excludes halogenated alkanes) is 2. The van der Waals surface area contributed by atoms with E-state index in [1.807, 2.05) is 0 Å². The molecule has 0 fully saturated rings. The van der Waals surface area contributed by atoms with Crippen LogP contribution in [0.1, 0.15) is 36.5 Å². The van der Waals surface area contributed by atoms with Gasteiger partial charge in [-0.2, -0.15) is 0 Å². The van der Waals surface area contributed by atoms with Gasteiger partial charge in [0.15, 0.2) is 0 Å². The van der Waals surface area contributed by atoms with Gasteiger partial charge in [0.1, 0.15) is 0 Å². The van der Waals surface area contributed by atoms with Crippen LogP contribution in [-0.4, -0.2) is 17.6 Å². The molecule has 0 saturated carbocycles. The highest BCUT2D eigenvalue weighted by molar-refractivity contribution is 5.88. The quantitative estimate of drug-likeness (QED) is 0.530. The molecular weight excluding hydrogens is 178 g/mol. The highest BCUT2D eigenvalue weighted by Crippen LogP contribution is 2.00. The van der Waals surface area contributed by atoms with Crippen molar-refractivity contribution in [2.45, 2.75) is 26.2 Å². The Labute approximate surface area is 84.1 Å². The van der Waals surface area contributed by atoms with Gasteiger partial charge in [-0.3, -0.25) is 4.98 Å². The zero-order valence-electron chi connectivity index (χ0n) is 8.32. The van der Waals surface area contributed by atoms with E-state index >= 15 is 0 Å². The van der Waals surface area contributed by atoms with Crippen molar-refractivity contribution in [1.29, 1.82) is 0 Å². The molecule has 0 aliphatic carbocycles. The van der Waals surface area contributed by atoms with E-state index < -0.39 is 0 Å². The van der Waals surface area contributed by atoms with Crippen LogP contribution in [0.15, 0.2) is 18.3 Å². The van der Waals surface area contributed by atoms with Gasteiger partial charge in [0.25, 0.3) is 0 Å². The molecule has 0 amide bonds. The minimum absolute atomic E-state index is 0.303. The first-order chi connectivity index (χ1) is 6.84. The van der Waals surface area contributed by atoms with Gasteiger partial charge in [-0.25, -0.2) is 4.79 Å². The Kier molecular flexibility index (Phi) is 4.69. The van der Waals surface area contributed by atoms with Crippen molar-refractivity contribution in [3.05, 3.63) is 30.1 Å². The lowest BCUT2D eigenvalue weighted by Crippen LogP contribution is -2.06. The van der Waals surface area contributed by atoms with Crippen LogP contribution in [0.25, 0.3) is 0 Å². The molecule has 0 aliphatic rings. The molecule has 14 heavy (non-hydrogen) atoms. The van der Waals surface area contributed by atoms with E-state index in [9.17, 15) is 4.79 Å². The monoisotopic (exact) mass is 192 g/mol. The van der Waals surface area contributed by atoms with E-state index in [0.29, 0.717) is 12.2 Å². The molecule has 0 aromatic carbocycles. The molecule has 0 spiro atoms. The summed E-state index contributed by atoms with van der Waals surface area (Å²) in [7, 11) is 0. The number of rotatable bonds is 5. The molecule has 0 saturated heterocycles. The number of nitrogens with zero attached hydrogens (tertiary/aromatic N) is 1. The smallest absolute Gasteiger partial charge is 0.339 e. The Morgan fingerprint density at radius 3 is 3.07 bits per heavy atom. The summed E-state index contributed by atoms with van der Waals surface area (Å²) in [5, 5.41) is 0. The fourth-order valence-electron chi connectivity index (χ4n) is 1.04. The fourth-order valence-corrected chi connectivity index (χ4v) is 1.04. The van der Waals surface area contributed by atoms with Gasteiger partial charge >= 0.3 is 5.97 Å². The normalized spacial score (nSPS) is 9.79. The van der Waals surface area contributed by atoms with Crippen molar-refractivity contribution in [2.75, 3.05) is 6.61 Å². The van der Waals surface area contributed by atoms with Crippen molar-refractivity contribution in [3.8, 4) is 0 Å². The maximum absolute atomic E-state index is 11.3. The van der Waals surface area contributed by atoms with Crippen molar-refractivity contribution in [1.82, 2.24) is 4.98 Å². The molecular formula is C11H14NO2. The summed E-state index contributed by atoms with van der Waals surface area (Å²) >= 11 is 0. The average molecular weight is 192 g/mol. The summed E-state index contributed by atoms with van der Waals surface area (Å²) in [4.78, 5) is 15.1. The molecule has 0 N–H and O–H groups in total. The molecule has 3 heteroatoms. The van der Waals surface area contributed by atoms with Crippen LogP contribution in [0.4, 0.5) is 0 Å². The fraction of sp³-hybridized carbons (Fsp3) is 0.455. The van der Waals surface area contributed by atoms with Crippen LogP contribution in [0, 0.1) is 6.20 Å². The number of esters is 1. The predicted molar refractivity (Wildman–Crippen MR) is 52.9 cm³/mol. The summed E-state index contributed by atoms with van der Waals surface area (Å²) in [6, 6.07) is 3.25.